The fraction of sp³-hybridized carbons (Fsp3) is 0.857. The molecule has 0 aliphatic heterocycles. The Morgan fingerprint density at radius 1 is 1.33 bits per heavy atom. The van der Waals surface area contributed by atoms with Crippen molar-refractivity contribution in [2.75, 3.05) is 5.75 Å². The van der Waals surface area contributed by atoms with Gasteiger partial charge in [-0.1, -0.05) is 30.4 Å². The smallest absolute Gasteiger partial charge is 0.151 e. The lowest BCUT2D eigenvalue weighted by molar-refractivity contribution is -0.0465. The summed E-state index contributed by atoms with van der Waals surface area (Å²) in [6, 6.07) is 0. The van der Waals surface area contributed by atoms with E-state index >= 15 is 0 Å². The van der Waals surface area contributed by atoms with E-state index in [0.717, 1.165) is 25.0 Å². The normalized spacial score (nSPS) is 10.6. The van der Waals surface area contributed by atoms with Crippen molar-refractivity contribution in [3.8, 4) is 0 Å². The molecule has 0 bridgehead atoms. The third kappa shape index (κ3) is 10.2. The van der Waals surface area contributed by atoms with Crippen molar-refractivity contribution >= 4 is 28.3 Å². The van der Waals surface area contributed by atoms with Gasteiger partial charge in [-0.2, -0.15) is 0 Å². The van der Waals surface area contributed by atoms with Crippen LogP contribution in [0.5, 0.6) is 0 Å². The van der Waals surface area contributed by atoms with Gasteiger partial charge in [0.1, 0.15) is 4.32 Å². The SMILES string of the molecule is NC(=S)SCCCCCC(O)O. The van der Waals surface area contributed by atoms with Crippen molar-refractivity contribution in [3.63, 3.8) is 0 Å². The van der Waals surface area contributed by atoms with E-state index in [1.807, 2.05) is 0 Å². The Hall–Kier alpha value is 0.160. The molecule has 0 saturated carbocycles. The van der Waals surface area contributed by atoms with Gasteiger partial charge in [-0.25, -0.2) is 0 Å². The number of thioether (sulfide) groups is 1. The molecule has 0 fully saturated rings. The van der Waals surface area contributed by atoms with Crippen molar-refractivity contribution in [2.45, 2.75) is 32.0 Å². The van der Waals surface area contributed by atoms with Crippen LogP contribution in [0.15, 0.2) is 0 Å². The maximum atomic E-state index is 8.51. The molecule has 0 unspecified atom stereocenters. The monoisotopic (exact) mass is 209 g/mol. The van der Waals surface area contributed by atoms with Crippen molar-refractivity contribution in [1.29, 1.82) is 0 Å². The Balaban J connectivity index is 2.96. The van der Waals surface area contributed by atoms with E-state index in [-0.39, 0.29) is 0 Å². The van der Waals surface area contributed by atoms with Crippen LogP contribution in [0.2, 0.25) is 0 Å². The van der Waals surface area contributed by atoms with Crippen LogP contribution in [0, 0.1) is 0 Å². The summed E-state index contributed by atoms with van der Waals surface area (Å²) in [6.45, 7) is 0. The van der Waals surface area contributed by atoms with Crippen molar-refractivity contribution < 1.29 is 10.2 Å². The minimum atomic E-state index is -1.16. The highest BCUT2D eigenvalue weighted by molar-refractivity contribution is 8.22. The van der Waals surface area contributed by atoms with Crippen molar-refractivity contribution in [3.05, 3.63) is 0 Å². The van der Waals surface area contributed by atoms with Gasteiger partial charge >= 0.3 is 0 Å². The number of hydrogen-bond donors (Lipinski definition) is 3. The van der Waals surface area contributed by atoms with Gasteiger partial charge in [0.2, 0.25) is 0 Å². The molecule has 0 radical (unpaired) electrons. The Bertz CT molecular complexity index is 131. The largest absolute Gasteiger partial charge is 0.385 e. The zero-order valence-corrected chi connectivity index (χ0v) is 8.53. The van der Waals surface area contributed by atoms with E-state index in [1.54, 1.807) is 0 Å². The van der Waals surface area contributed by atoms with Crippen LogP contribution in [0.3, 0.4) is 0 Å². The molecular weight excluding hydrogens is 194 g/mol. The van der Waals surface area contributed by atoms with E-state index < -0.39 is 6.29 Å². The lowest BCUT2D eigenvalue weighted by Crippen LogP contribution is -2.04. The first kappa shape index (κ1) is 12.2. The maximum absolute atomic E-state index is 8.51. The first-order chi connectivity index (χ1) is 5.63. The summed E-state index contributed by atoms with van der Waals surface area (Å²) in [5.74, 6) is 0.927. The second-order valence-corrected chi connectivity index (χ2v) is 4.33. The molecule has 0 aromatic carbocycles. The molecule has 0 aliphatic carbocycles. The summed E-state index contributed by atoms with van der Waals surface area (Å²) in [5.41, 5.74) is 5.27. The van der Waals surface area contributed by atoms with Gasteiger partial charge < -0.3 is 15.9 Å². The van der Waals surface area contributed by atoms with Gasteiger partial charge in [-0.3, -0.25) is 0 Å². The second kappa shape index (κ2) is 7.79. The predicted octanol–water partition coefficient (Wildman–Crippen LogP) is 0.834. The summed E-state index contributed by atoms with van der Waals surface area (Å²) in [4.78, 5) is 0. The molecule has 0 heterocycles. The number of aliphatic hydroxyl groups is 2. The molecule has 72 valence electrons. The van der Waals surface area contributed by atoms with E-state index in [2.05, 4.69) is 12.2 Å². The lowest BCUT2D eigenvalue weighted by Gasteiger charge is -2.02. The molecule has 3 nitrogen and oxygen atoms in total. The minimum absolute atomic E-state index is 0.456. The third-order valence-corrected chi connectivity index (χ3v) is 2.48. The summed E-state index contributed by atoms with van der Waals surface area (Å²) in [7, 11) is 0. The van der Waals surface area contributed by atoms with Gasteiger partial charge in [0.15, 0.2) is 6.29 Å². The maximum Gasteiger partial charge on any atom is 0.151 e. The van der Waals surface area contributed by atoms with Crippen LogP contribution in [-0.2, 0) is 0 Å². The third-order valence-electron chi connectivity index (χ3n) is 1.35. The lowest BCUT2D eigenvalue weighted by atomic mass is 10.2. The molecule has 0 aliphatic rings. The Morgan fingerprint density at radius 3 is 2.50 bits per heavy atom. The molecule has 0 rings (SSSR count). The first-order valence-electron chi connectivity index (χ1n) is 3.91. The number of rotatable bonds is 6. The van der Waals surface area contributed by atoms with Crippen molar-refractivity contribution in [1.82, 2.24) is 0 Å². The highest BCUT2D eigenvalue weighted by atomic mass is 32.2. The predicted molar refractivity (Wildman–Crippen MR) is 55.9 cm³/mol. The minimum Gasteiger partial charge on any atom is -0.385 e. The molecule has 0 amide bonds. The van der Waals surface area contributed by atoms with Gasteiger partial charge in [-0.15, -0.1) is 0 Å². The summed E-state index contributed by atoms with van der Waals surface area (Å²) in [5, 5.41) is 17.0. The fourth-order valence-electron chi connectivity index (χ4n) is 0.779. The molecule has 0 saturated heterocycles. The quantitative estimate of drug-likeness (QED) is 0.343. The molecule has 12 heavy (non-hydrogen) atoms. The Morgan fingerprint density at radius 2 is 2.00 bits per heavy atom. The number of thiocarbonyl (C=S) groups is 1. The number of nitrogens with two attached hydrogens (primary N) is 1. The van der Waals surface area contributed by atoms with Gasteiger partial charge in [0, 0.05) is 5.75 Å². The highest BCUT2D eigenvalue weighted by Gasteiger charge is 1.97. The molecule has 4 N–H and O–H groups in total. The number of aliphatic hydroxyl groups excluding tert-OH is 1. The van der Waals surface area contributed by atoms with Gasteiger partial charge in [0.25, 0.3) is 0 Å². The van der Waals surface area contributed by atoms with Crippen LogP contribution in [0.1, 0.15) is 25.7 Å². The van der Waals surface area contributed by atoms with Crippen LogP contribution in [-0.4, -0.2) is 26.6 Å². The van der Waals surface area contributed by atoms with Crippen LogP contribution >= 0.6 is 24.0 Å². The Labute approximate surface area is 82.3 Å². The average Bonchev–Trinajstić information content (AvgIpc) is 1.95. The highest BCUT2D eigenvalue weighted by Crippen LogP contribution is 2.08. The molecule has 0 atom stereocenters. The summed E-state index contributed by atoms with van der Waals surface area (Å²) >= 11 is 6.15. The molecule has 5 heteroatoms. The standard InChI is InChI=1S/C7H15NO2S2/c8-7(11)12-5-3-1-2-4-6(9)10/h6,9-10H,1-5H2,(H2,8,11). The van der Waals surface area contributed by atoms with E-state index in [0.29, 0.717) is 10.7 Å². The number of unbranched alkanes of at least 4 members (excludes halogenated alkanes) is 2. The van der Waals surface area contributed by atoms with Gasteiger partial charge in [0.05, 0.1) is 0 Å². The second-order valence-electron chi connectivity index (χ2n) is 2.50. The zero-order chi connectivity index (χ0) is 9.40. The fourth-order valence-corrected chi connectivity index (χ4v) is 1.58. The summed E-state index contributed by atoms with van der Waals surface area (Å²) in [6.07, 6.45) is 2.16. The van der Waals surface area contributed by atoms with Crippen LogP contribution < -0.4 is 5.73 Å². The zero-order valence-electron chi connectivity index (χ0n) is 6.90. The molecule has 0 aromatic rings. The number of hydrogen-bond acceptors (Lipinski definition) is 4. The van der Waals surface area contributed by atoms with Crippen LogP contribution in [0.25, 0.3) is 0 Å². The first-order valence-corrected chi connectivity index (χ1v) is 5.30. The van der Waals surface area contributed by atoms with Crippen LogP contribution in [0.4, 0.5) is 0 Å². The van der Waals surface area contributed by atoms with Gasteiger partial charge in [-0.05, 0) is 19.3 Å². The average molecular weight is 209 g/mol. The Kier molecular flexibility index (Phi) is 7.89. The molecule has 0 spiro atoms. The van der Waals surface area contributed by atoms with E-state index in [9.17, 15) is 0 Å². The molecule has 0 aromatic heterocycles. The molecular formula is C7H15NO2S2. The topological polar surface area (TPSA) is 66.5 Å². The van der Waals surface area contributed by atoms with Crippen molar-refractivity contribution in [2.24, 2.45) is 5.73 Å². The van der Waals surface area contributed by atoms with E-state index in [1.165, 1.54) is 11.8 Å². The van der Waals surface area contributed by atoms with E-state index in [4.69, 9.17) is 15.9 Å². The summed E-state index contributed by atoms with van der Waals surface area (Å²) < 4.78 is 0.484.